The van der Waals surface area contributed by atoms with Gasteiger partial charge in [0.2, 0.25) is 0 Å². The summed E-state index contributed by atoms with van der Waals surface area (Å²) in [7, 11) is 0. The Kier molecular flexibility index (Phi) is 22.8. The van der Waals surface area contributed by atoms with E-state index in [9.17, 15) is 0 Å². The summed E-state index contributed by atoms with van der Waals surface area (Å²) in [5.41, 5.74) is 2.83. The summed E-state index contributed by atoms with van der Waals surface area (Å²) in [6.07, 6.45) is 4.07. The molecule has 4 N–H and O–H groups in total. The van der Waals surface area contributed by atoms with E-state index in [-0.39, 0.29) is 22.2 Å². The van der Waals surface area contributed by atoms with Gasteiger partial charge in [0, 0.05) is 0 Å². The van der Waals surface area contributed by atoms with Crippen LogP contribution in [-0.2, 0) is 34.8 Å². The van der Waals surface area contributed by atoms with Crippen molar-refractivity contribution in [2.45, 2.75) is 78.0 Å². The van der Waals surface area contributed by atoms with Crippen LogP contribution in [0.1, 0.15) is 73.3 Å². The molecular weight excluding hydrogens is 501 g/mol. The maximum Gasteiger partial charge on any atom is 2.00 e. The quantitative estimate of drug-likeness (QED) is 0.162. The van der Waals surface area contributed by atoms with Gasteiger partial charge in [-0.2, -0.15) is 4.90 Å². The van der Waals surface area contributed by atoms with Crippen molar-refractivity contribution in [1.29, 1.82) is 0 Å². The topological polar surface area (TPSA) is 144 Å². The van der Waals surface area contributed by atoms with Gasteiger partial charge < -0.3 is 38.8 Å². The molecule has 34 heavy (non-hydrogen) atoms. The van der Waals surface area contributed by atoms with Crippen LogP contribution in [0.3, 0.4) is 0 Å². The summed E-state index contributed by atoms with van der Waals surface area (Å²) >= 11 is 4.99. The molecule has 0 aromatic heterocycles. The van der Waals surface area contributed by atoms with Gasteiger partial charge in [0.25, 0.3) is 0 Å². The Hall–Kier alpha value is -2.21. The third kappa shape index (κ3) is 19.3. The largest absolute Gasteiger partial charge is 2.00 e. The molecule has 1 aliphatic rings. The zero-order valence-corrected chi connectivity index (χ0v) is 23.0. The molecule has 2 rings (SSSR count). The van der Waals surface area contributed by atoms with Crippen molar-refractivity contribution in [3.05, 3.63) is 35.1 Å². The van der Waals surface area contributed by atoms with Crippen LogP contribution in [0.2, 0.25) is 0 Å². The van der Waals surface area contributed by atoms with Crippen molar-refractivity contribution >= 4 is 35.5 Å². The standard InChI is InChI=1S/C10H14S.C5H10N.2C4H8N2O2.Co/c1-10(2,3)8-4-6-9(11)7-5-8;1-2-4-6-5-3-1;2*1-3(5-7)4(2)6-8;/h4-7,11H,1-3H3;1-5H2;2*7-8H,1-2H3;/q;-1;;;+2/p-1/b;;2*5-3+,6-4+;. The minimum absolute atomic E-state index is 0. The number of hydrogen-bond acceptors (Lipinski definition) is 9. The average Bonchev–Trinajstić information content (AvgIpc) is 2.83. The van der Waals surface area contributed by atoms with Gasteiger partial charge in [-0.05, 0) is 38.7 Å². The Bertz CT molecular complexity index is 697. The van der Waals surface area contributed by atoms with E-state index in [0.717, 1.165) is 18.0 Å². The van der Waals surface area contributed by atoms with Crippen LogP contribution < -0.4 is 0 Å². The predicted molar refractivity (Wildman–Crippen MR) is 137 cm³/mol. The summed E-state index contributed by atoms with van der Waals surface area (Å²) in [4.78, 5) is 0.915. The van der Waals surface area contributed by atoms with E-state index in [1.54, 1.807) is 0 Å². The first-order valence-electron chi connectivity index (χ1n) is 10.6. The van der Waals surface area contributed by atoms with E-state index in [1.807, 2.05) is 12.1 Å². The molecule has 1 aromatic carbocycles. The molecule has 0 bridgehead atoms. The Labute approximate surface area is 219 Å². The van der Waals surface area contributed by atoms with Gasteiger partial charge in [-0.25, -0.2) is 0 Å². The number of nitrogens with zero attached hydrogens (tertiary/aromatic N) is 5. The van der Waals surface area contributed by atoms with E-state index in [1.165, 1.54) is 52.5 Å². The van der Waals surface area contributed by atoms with Crippen molar-refractivity contribution < 1.29 is 37.6 Å². The minimum Gasteiger partial charge on any atom is -0.780 e. The molecule has 0 aliphatic carbocycles. The molecule has 1 aliphatic heterocycles. The number of piperidine rings is 1. The molecule has 1 radical (unpaired) electrons. The van der Waals surface area contributed by atoms with Gasteiger partial charge in [0.15, 0.2) is 0 Å². The molecular formula is C23H39CoN5O4S. The van der Waals surface area contributed by atoms with E-state index in [0.29, 0.717) is 22.8 Å². The van der Waals surface area contributed by atoms with Gasteiger partial charge in [-0.15, -0.1) is 13.1 Å². The summed E-state index contributed by atoms with van der Waals surface area (Å²) in [6, 6.07) is 8.16. The van der Waals surface area contributed by atoms with Crippen molar-refractivity contribution in [3.8, 4) is 0 Å². The van der Waals surface area contributed by atoms with Crippen LogP contribution in [0.15, 0.2) is 49.8 Å². The normalized spacial score (nSPS) is 14.7. The fraction of sp³-hybridized carbons (Fsp3) is 0.565. The second-order valence-electron chi connectivity index (χ2n) is 8.25. The minimum atomic E-state index is 0. The van der Waals surface area contributed by atoms with Crippen molar-refractivity contribution in [2.75, 3.05) is 13.1 Å². The maximum atomic E-state index is 8.03. The average molecular weight is 541 g/mol. The first-order valence-corrected chi connectivity index (χ1v) is 11.0. The first-order chi connectivity index (χ1) is 15.4. The second-order valence-corrected chi connectivity index (χ2v) is 8.72. The Morgan fingerprint density at radius 2 is 1.03 bits per heavy atom. The molecule has 1 fully saturated rings. The number of oxime groups is 4. The molecule has 11 heteroatoms. The molecule has 0 atom stereocenters. The molecule has 0 spiro atoms. The Balaban J connectivity index is -0.000000382. The molecule has 195 valence electrons. The van der Waals surface area contributed by atoms with Crippen molar-refractivity contribution in [3.63, 3.8) is 0 Å². The van der Waals surface area contributed by atoms with Crippen molar-refractivity contribution in [2.24, 2.45) is 20.6 Å². The van der Waals surface area contributed by atoms with Gasteiger partial charge in [0.1, 0.15) is 22.8 Å². The molecule has 0 unspecified atom stereocenters. The summed E-state index contributed by atoms with van der Waals surface area (Å²) in [5, 5.41) is 47.4. The molecule has 9 nitrogen and oxygen atoms in total. The van der Waals surface area contributed by atoms with Gasteiger partial charge in [-0.3, -0.25) is 0 Å². The van der Waals surface area contributed by atoms with Crippen LogP contribution in [0.4, 0.5) is 0 Å². The zero-order chi connectivity index (χ0) is 25.9. The Morgan fingerprint density at radius 1 is 0.706 bits per heavy atom. The van der Waals surface area contributed by atoms with Crippen LogP contribution in [0, 0.1) is 0 Å². The van der Waals surface area contributed by atoms with E-state index in [4.69, 9.17) is 33.5 Å². The Morgan fingerprint density at radius 3 is 1.21 bits per heavy atom. The summed E-state index contributed by atoms with van der Waals surface area (Å²) in [6.45, 7) is 15.0. The molecule has 0 amide bonds. The summed E-state index contributed by atoms with van der Waals surface area (Å²) in [5.74, 6) is 0. The van der Waals surface area contributed by atoms with Gasteiger partial charge in [0.05, 0.1) is 0 Å². The third-order valence-electron chi connectivity index (χ3n) is 4.50. The van der Waals surface area contributed by atoms with Gasteiger partial charge in [-0.1, -0.05) is 84.9 Å². The van der Waals surface area contributed by atoms with Crippen molar-refractivity contribution in [1.82, 2.24) is 0 Å². The van der Waals surface area contributed by atoms with Crippen LogP contribution in [-0.4, -0.2) is 56.8 Å². The fourth-order valence-corrected chi connectivity index (χ4v) is 2.12. The maximum absolute atomic E-state index is 8.03. The van der Waals surface area contributed by atoms with Crippen LogP contribution >= 0.6 is 0 Å². The van der Waals surface area contributed by atoms with Crippen LogP contribution in [0.5, 0.6) is 0 Å². The molecule has 1 saturated heterocycles. The monoisotopic (exact) mass is 540 g/mol. The molecule has 0 saturated carbocycles. The first kappa shape index (κ1) is 36.4. The van der Waals surface area contributed by atoms with E-state index < -0.39 is 0 Å². The smallest absolute Gasteiger partial charge is 0.780 e. The third-order valence-corrected chi connectivity index (χ3v) is 4.77. The number of hydrogen-bond donors (Lipinski definition) is 4. The summed E-state index contributed by atoms with van der Waals surface area (Å²) < 4.78 is 0. The second kappa shape index (κ2) is 21.3. The molecule has 1 aromatic rings. The number of benzene rings is 1. The van der Waals surface area contributed by atoms with Gasteiger partial charge >= 0.3 is 16.8 Å². The predicted octanol–water partition coefficient (Wildman–Crippen LogP) is 5.80. The van der Waals surface area contributed by atoms with E-state index in [2.05, 4.69) is 58.8 Å². The SMILES string of the molecule is C1CC[N-]CC1.CC(=N\O)/C(C)=N/O.CC(=N\O)/C(C)=N/O.CC(C)(C)c1ccc([S-])cc1.[Co+2]. The number of rotatable bonds is 2. The fourth-order valence-electron chi connectivity index (χ4n) is 1.98. The molecule has 1 heterocycles. The van der Waals surface area contributed by atoms with E-state index >= 15 is 0 Å². The zero-order valence-electron chi connectivity index (χ0n) is 21.1. The van der Waals surface area contributed by atoms with Crippen LogP contribution in [0.25, 0.3) is 5.32 Å².